The third kappa shape index (κ3) is 1.72. The van der Waals surface area contributed by atoms with Crippen molar-refractivity contribution in [3.63, 3.8) is 0 Å². The lowest BCUT2D eigenvalue weighted by molar-refractivity contribution is -0.120. The van der Waals surface area contributed by atoms with E-state index in [2.05, 4.69) is 22.5 Å². The van der Waals surface area contributed by atoms with Crippen LogP contribution in [0.25, 0.3) is 0 Å². The molecule has 0 N–H and O–H groups in total. The zero-order valence-corrected chi connectivity index (χ0v) is 9.45. The van der Waals surface area contributed by atoms with Crippen LogP contribution in [0.5, 0.6) is 0 Å². The molecule has 0 spiro atoms. The quantitative estimate of drug-likeness (QED) is 0.577. The minimum absolute atomic E-state index is 0.116. The lowest BCUT2D eigenvalue weighted by Gasteiger charge is -2.13. The molecule has 0 bridgehead atoms. The summed E-state index contributed by atoms with van der Waals surface area (Å²) >= 11 is 3.29. The van der Waals surface area contributed by atoms with Crippen LogP contribution in [0.4, 0.5) is 5.69 Å². The minimum Gasteiger partial charge on any atom is -0.274 e. The molecule has 1 heterocycles. The van der Waals surface area contributed by atoms with E-state index >= 15 is 0 Å². The van der Waals surface area contributed by atoms with Gasteiger partial charge in [-0.1, -0.05) is 28.6 Å². The number of rotatable bonds is 1. The number of carbonyl (C=O) groups excluding carboxylic acids is 2. The maximum absolute atomic E-state index is 11.6. The smallest absolute Gasteiger partial charge is 0.260 e. The van der Waals surface area contributed by atoms with Gasteiger partial charge in [0, 0.05) is 10.0 Å². The molecule has 76 valence electrons. The number of anilines is 1. The van der Waals surface area contributed by atoms with E-state index in [1.54, 1.807) is 18.2 Å². The van der Waals surface area contributed by atoms with Gasteiger partial charge in [-0.25, -0.2) is 4.90 Å². The molecule has 1 aromatic rings. The first-order valence-electron chi connectivity index (χ1n) is 4.40. The van der Waals surface area contributed by atoms with E-state index in [-0.39, 0.29) is 18.2 Å². The van der Waals surface area contributed by atoms with E-state index in [0.717, 1.165) is 9.37 Å². The molecule has 0 atom stereocenters. The molecule has 2 rings (SSSR count). The average molecular weight is 266 g/mol. The molecule has 0 aliphatic carbocycles. The molecule has 2 amide bonds. The lowest BCUT2D eigenvalue weighted by Crippen LogP contribution is -2.28. The fourth-order valence-corrected chi connectivity index (χ4v) is 1.87. The number of benzene rings is 1. The maximum atomic E-state index is 11.6. The summed E-state index contributed by atoms with van der Waals surface area (Å²) in [6.07, 6.45) is 0.116. The van der Waals surface area contributed by atoms with E-state index in [0.29, 0.717) is 11.3 Å². The van der Waals surface area contributed by atoms with Gasteiger partial charge in [0.1, 0.15) is 0 Å². The fourth-order valence-electron chi connectivity index (χ4n) is 1.49. The normalized spacial score (nSPS) is 16.3. The van der Waals surface area contributed by atoms with E-state index < -0.39 is 0 Å². The third-order valence-electron chi connectivity index (χ3n) is 2.19. The zero-order chi connectivity index (χ0) is 11.0. The van der Waals surface area contributed by atoms with E-state index in [4.69, 9.17) is 0 Å². The number of halogens is 1. The van der Waals surface area contributed by atoms with Crippen molar-refractivity contribution in [2.75, 3.05) is 4.90 Å². The molecule has 1 aliphatic heterocycles. The third-order valence-corrected chi connectivity index (χ3v) is 2.68. The summed E-state index contributed by atoms with van der Waals surface area (Å²) < 4.78 is 0.832. The standard InChI is InChI=1S/C11H8BrNO2/c1-7-5-10(14)13(11(7)15)9-4-2-3-8(12)6-9/h2-4,6H,1,5H2. The van der Waals surface area contributed by atoms with Crippen LogP contribution in [0, 0.1) is 0 Å². The van der Waals surface area contributed by atoms with Crippen molar-refractivity contribution in [2.45, 2.75) is 6.42 Å². The van der Waals surface area contributed by atoms with Crippen LogP contribution >= 0.6 is 15.9 Å². The van der Waals surface area contributed by atoms with Crippen molar-refractivity contribution in [1.82, 2.24) is 0 Å². The Kier molecular flexibility index (Phi) is 2.44. The SMILES string of the molecule is C=C1CC(=O)N(c2cccc(Br)c2)C1=O. The monoisotopic (exact) mass is 265 g/mol. The fraction of sp³-hybridized carbons (Fsp3) is 0.0909. The summed E-state index contributed by atoms with van der Waals surface area (Å²) in [6, 6.07) is 7.07. The molecule has 4 heteroatoms. The van der Waals surface area contributed by atoms with Crippen LogP contribution in [-0.4, -0.2) is 11.8 Å². The van der Waals surface area contributed by atoms with Crippen molar-refractivity contribution in [3.8, 4) is 0 Å². The Bertz CT molecular complexity index is 467. The highest BCUT2D eigenvalue weighted by atomic mass is 79.9. The Morgan fingerprint density at radius 2 is 2.07 bits per heavy atom. The molecule has 15 heavy (non-hydrogen) atoms. The number of hydrogen-bond donors (Lipinski definition) is 0. The molecular weight excluding hydrogens is 258 g/mol. The first-order chi connectivity index (χ1) is 7.09. The second kappa shape index (κ2) is 3.62. The highest BCUT2D eigenvalue weighted by molar-refractivity contribution is 9.10. The van der Waals surface area contributed by atoms with Gasteiger partial charge in [0.2, 0.25) is 5.91 Å². The Labute approximate surface area is 95.5 Å². The molecule has 1 aromatic carbocycles. The van der Waals surface area contributed by atoms with Gasteiger partial charge < -0.3 is 0 Å². The Hall–Kier alpha value is -1.42. The van der Waals surface area contributed by atoms with Crippen LogP contribution in [0.2, 0.25) is 0 Å². The summed E-state index contributed by atoms with van der Waals surface area (Å²) in [5.41, 5.74) is 0.929. The highest BCUT2D eigenvalue weighted by Gasteiger charge is 2.33. The first-order valence-corrected chi connectivity index (χ1v) is 5.19. The molecule has 0 unspecified atom stereocenters. The Morgan fingerprint density at radius 1 is 1.33 bits per heavy atom. The molecule has 0 saturated carbocycles. The van der Waals surface area contributed by atoms with Crippen LogP contribution in [0.3, 0.4) is 0 Å². The molecule has 1 fully saturated rings. The van der Waals surface area contributed by atoms with Gasteiger partial charge in [-0.3, -0.25) is 9.59 Å². The van der Waals surface area contributed by atoms with Crippen LogP contribution in [0.1, 0.15) is 6.42 Å². The van der Waals surface area contributed by atoms with Gasteiger partial charge in [-0.15, -0.1) is 0 Å². The van der Waals surface area contributed by atoms with Gasteiger partial charge >= 0.3 is 0 Å². The second-order valence-electron chi connectivity index (χ2n) is 3.29. The molecule has 0 radical (unpaired) electrons. The number of nitrogens with zero attached hydrogens (tertiary/aromatic N) is 1. The van der Waals surface area contributed by atoms with Gasteiger partial charge in [0.25, 0.3) is 5.91 Å². The average Bonchev–Trinajstić information content (AvgIpc) is 2.41. The number of amides is 2. The maximum Gasteiger partial charge on any atom is 0.260 e. The summed E-state index contributed by atoms with van der Waals surface area (Å²) in [7, 11) is 0. The van der Waals surface area contributed by atoms with Gasteiger partial charge in [-0.05, 0) is 18.2 Å². The highest BCUT2D eigenvalue weighted by Crippen LogP contribution is 2.26. The topological polar surface area (TPSA) is 37.4 Å². The van der Waals surface area contributed by atoms with E-state index in [1.807, 2.05) is 6.07 Å². The first kappa shape index (κ1) is 10.1. The molecule has 1 saturated heterocycles. The number of carbonyl (C=O) groups is 2. The molecule has 1 aliphatic rings. The van der Waals surface area contributed by atoms with Crippen molar-refractivity contribution in [2.24, 2.45) is 0 Å². The Balaban J connectivity index is 2.43. The molecular formula is C11H8BrNO2. The lowest BCUT2D eigenvalue weighted by atomic mass is 10.3. The van der Waals surface area contributed by atoms with Crippen molar-refractivity contribution < 1.29 is 9.59 Å². The second-order valence-corrected chi connectivity index (χ2v) is 4.21. The summed E-state index contributed by atoms with van der Waals surface area (Å²) in [5, 5.41) is 0. The van der Waals surface area contributed by atoms with Gasteiger partial charge in [0.15, 0.2) is 0 Å². The Morgan fingerprint density at radius 3 is 2.60 bits per heavy atom. The summed E-state index contributed by atoms with van der Waals surface area (Å²) in [5.74, 6) is -0.527. The van der Waals surface area contributed by atoms with Crippen molar-refractivity contribution in [1.29, 1.82) is 0 Å². The van der Waals surface area contributed by atoms with Crippen LogP contribution in [-0.2, 0) is 9.59 Å². The zero-order valence-electron chi connectivity index (χ0n) is 7.87. The van der Waals surface area contributed by atoms with Crippen molar-refractivity contribution in [3.05, 3.63) is 40.9 Å². The summed E-state index contributed by atoms with van der Waals surface area (Å²) in [4.78, 5) is 24.3. The predicted octanol–water partition coefficient (Wildman–Crippen LogP) is 2.27. The van der Waals surface area contributed by atoms with E-state index in [9.17, 15) is 9.59 Å². The van der Waals surface area contributed by atoms with Gasteiger partial charge in [-0.2, -0.15) is 0 Å². The molecule has 3 nitrogen and oxygen atoms in total. The van der Waals surface area contributed by atoms with Gasteiger partial charge in [0.05, 0.1) is 12.1 Å². The molecule has 0 aromatic heterocycles. The van der Waals surface area contributed by atoms with Crippen molar-refractivity contribution >= 4 is 33.4 Å². The van der Waals surface area contributed by atoms with Crippen LogP contribution < -0.4 is 4.90 Å². The largest absolute Gasteiger partial charge is 0.274 e. The van der Waals surface area contributed by atoms with Crippen LogP contribution in [0.15, 0.2) is 40.9 Å². The number of imide groups is 1. The number of hydrogen-bond acceptors (Lipinski definition) is 2. The summed E-state index contributed by atoms with van der Waals surface area (Å²) in [6.45, 7) is 3.56. The predicted molar refractivity (Wildman–Crippen MR) is 60.4 cm³/mol. The minimum atomic E-state index is -0.307. The van der Waals surface area contributed by atoms with E-state index in [1.165, 1.54) is 0 Å².